The van der Waals surface area contributed by atoms with Gasteiger partial charge in [-0.25, -0.2) is 0 Å². The van der Waals surface area contributed by atoms with Crippen molar-refractivity contribution in [3.63, 3.8) is 0 Å². The average Bonchev–Trinajstić information content (AvgIpc) is 2.29. The molecule has 1 fully saturated rings. The largest absolute Gasteiger partial charge is 0.322 e. The van der Waals surface area contributed by atoms with Crippen molar-refractivity contribution in [1.29, 1.82) is 0 Å². The molecule has 1 saturated carbocycles. The van der Waals surface area contributed by atoms with Crippen LogP contribution in [0.5, 0.6) is 0 Å². The van der Waals surface area contributed by atoms with Crippen LogP contribution in [0.25, 0.3) is 0 Å². The Bertz CT molecular complexity index is 354. The third kappa shape index (κ3) is 2.64. The lowest BCUT2D eigenvalue weighted by Crippen LogP contribution is -2.27. The Hall–Kier alpha value is -0.410. The Morgan fingerprint density at radius 2 is 2.31 bits per heavy atom. The van der Waals surface area contributed by atoms with Crippen LogP contribution in [0, 0.1) is 11.8 Å². The van der Waals surface area contributed by atoms with Crippen LogP contribution in [0.15, 0.2) is 22.8 Å². The van der Waals surface area contributed by atoms with Gasteiger partial charge in [-0.1, -0.05) is 19.8 Å². The fourth-order valence-electron chi connectivity index (χ4n) is 2.67. The first kappa shape index (κ1) is 12.1. The van der Waals surface area contributed by atoms with E-state index >= 15 is 0 Å². The van der Waals surface area contributed by atoms with Crippen molar-refractivity contribution in [2.45, 2.75) is 38.6 Å². The molecule has 0 radical (unpaired) electrons. The van der Waals surface area contributed by atoms with Gasteiger partial charge in [-0.05, 0) is 52.7 Å². The molecule has 1 heterocycles. The van der Waals surface area contributed by atoms with Gasteiger partial charge in [0.25, 0.3) is 0 Å². The molecule has 2 N–H and O–H groups in total. The second-order valence-electron chi connectivity index (χ2n) is 4.93. The highest BCUT2D eigenvalue weighted by molar-refractivity contribution is 9.10. The maximum absolute atomic E-state index is 6.34. The summed E-state index contributed by atoms with van der Waals surface area (Å²) in [6.07, 6.45) is 6.97. The summed E-state index contributed by atoms with van der Waals surface area (Å²) in [4.78, 5) is 4.41. The predicted octanol–water partition coefficient (Wildman–Crippen LogP) is 3.67. The predicted molar refractivity (Wildman–Crippen MR) is 70.0 cm³/mol. The zero-order chi connectivity index (χ0) is 11.5. The lowest BCUT2D eigenvalue weighted by molar-refractivity contribution is 0.245. The van der Waals surface area contributed by atoms with E-state index in [-0.39, 0.29) is 6.04 Å². The normalized spacial score (nSPS) is 27.7. The van der Waals surface area contributed by atoms with Crippen molar-refractivity contribution in [3.05, 3.63) is 28.5 Å². The van der Waals surface area contributed by atoms with Crippen molar-refractivity contribution < 1.29 is 0 Å². The fourth-order valence-corrected chi connectivity index (χ4v) is 3.19. The maximum atomic E-state index is 6.34. The van der Waals surface area contributed by atoms with E-state index in [1.54, 1.807) is 0 Å². The van der Waals surface area contributed by atoms with Crippen LogP contribution < -0.4 is 5.73 Å². The number of pyridine rings is 1. The molecule has 2 nitrogen and oxygen atoms in total. The number of rotatable bonds is 2. The molecular formula is C13H19BrN2. The van der Waals surface area contributed by atoms with Gasteiger partial charge in [-0.3, -0.25) is 4.98 Å². The minimum atomic E-state index is 0.0818. The summed E-state index contributed by atoms with van der Waals surface area (Å²) in [6.45, 7) is 2.33. The lowest BCUT2D eigenvalue weighted by atomic mass is 9.78. The smallest absolute Gasteiger partial charge is 0.0715 e. The van der Waals surface area contributed by atoms with E-state index in [1.165, 1.54) is 25.7 Å². The number of aromatic nitrogens is 1. The SMILES string of the molecule is CC1CCCC(C(N)c2ncccc2Br)C1. The highest BCUT2D eigenvalue weighted by atomic mass is 79.9. The van der Waals surface area contributed by atoms with Gasteiger partial charge in [-0.2, -0.15) is 0 Å². The molecule has 16 heavy (non-hydrogen) atoms. The molecule has 1 aliphatic carbocycles. The molecule has 1 aliphatic rings. The van der Waals surface area contributed by atoms with E-state index in [4.69, 9.17) is 5.73 Å². The van der Waals surface area contributed by atoms with Crippen LogP contribution in [0.3, 0.4) is 0 Å². The van der Waals surface area contributed by atoms with Gasteiger partial charge in [0.2, 0.25) is 0 Å². The van der Waals surface area contributed by atoms with Crippen LogP contribution in [-0.2, 0) is 0 Å². The molecule has 0 bridgehead atoms. The van der Waals surface area contributed by atoms with Gasteiger partial charge in [0.1, 0.15) is 0 Å². The molecule has 88 valence electrons. The second-order valence-corrected chi connectivity index (χ2v) is 5.78. The van der Waals surface area contributed by atoms with Gasteiger partial charge >= 0.3 is 0 Å². The summed E-state index contributed by atoms with van der Waals surface area (Å²) in [5.74, 6) is 1.40. The summed E-state index contributed by atoms with van der Waals surface area (Å²) in [5, 5.41) is 0. The van der Waals surface area contributed by atoms with Crippen molar-refractivity contribution >= 4 is 15.9 Å². The van der Waals surface area contributed by atoms with E-state index in [0.29, 0.717) is 5.92 Å². The average molecular weight is 283 g/mol. The monoisotopic (exact) mass is 282 g/mol. The third-order valence-corrected chi connectivity index (χ3v) is 4.26. The summed E-state index contributed by atoms with van der Waals surface area (Å²) in [5.41, 5.74) is 7.36. The Morgan fingerprint density at radius 1 is 1.50 bits per heavy atom. The Kier molecular flexibility index (Phi) is 3.98. The van der Waals surface area contributed by atoms with Crippen LogP contribution in [0.2, 0.25) is 0 Å². The Morgan fingerprint density at radius 3 is 3.00 bits per heavy atom. The van der Waals surface area contributed by atoms with E-state index in [9.17, 15) is 0 Å². The lowest BCUT2D eigenvalue weighted by Gasteiger charge is -2.31. The molecule has 3 atom stereocenters. The minimum Gasteiger partial charge on any atom is -0.322 e. The van der Waals surface area contributed by atoms with Crippen LogP contribution in [0.4, 0.5) is 0 Å². The number of hydrogen-bond donors (Lipinski definition) is 1. The van der Waals surface area contributed by atoms with Crippen molar-refractivity contribution in [3.8, 4) is 0 Å². The first-order valence-corrected chi connectivity index (χ1v) is 6.83. The number of nitrogens with two attached hydrogens (primary N) is 1. The zero-order valence-corrected chi connectivity index (χ0v) is 11.3. The van der Waals surface area contributed by atoms with Crippen molar-refractivity contribution in [2.75, 3.05) is 0 Å². The summed E-state index contributed by atoms with van der Waals surface area (Å²) in [6, 6.07) is 4.04. The quantitative estimate of drug-likeness (QED) is 0.899. The van der Waals surface area contributed by atoms with Crippen LogP contribution in [-0.4, -0.2) is 4.98 Å². The third-order valence-electron chi connectivity index (χ3n) is 3.59. The molecule has 0 spiro atoms. The van der Waals surface area contributed by atoms with Gasteiger partial charge in [0.05, 0.1) is 11.7 Å². The first-order chi connectivity index (χ1) is 7.68. The fraction of sp³-hybridized carbons (Fsp3) is 0.615. The van der Waals surface area contributed by atoms with Gasteiger partial charge in [0.15, 0.2) is 0 Å². The number of halogens is 1. The molecular weight excluding hydrogens is 264 g/mol. The second kappa shape index (κ2) is 5.28. The number of hydrogen-bond acceptors (Lipinski definition) is 2. The molecule has 0 aliphatic heterocycles. The molecule has 0 amide bonds. The standard InChI is InChI=1S/C13H19BrN2/c1-9-4-2-5-10(8-9)12(15)13-11(14)6-3-7-16-13/h3,6-7,9-10,12H,2,4-5,8,15H2,1H3. The van der Waals surface area contributed by atoms with Crippen LogP contribution in [0.1, 0.15) is 44.3 Å². The first-order valence-electron chi connectivity index (χ1n) is 6.04. The zero-order valence-electron chi connectivity index (χ0n) is 9.70. The van der Waals surface area contributed by atoms with E-state index in [1.807, 2.05) is 18.3 Å². The van der Waals surface area contributed by atoms with E-state index < -0.39 is 0 Å². The summed E-state index contributed by atoms with van der Waals surface area (Å²) < 4.78 is 1.04. The molecule has 3 heteroatoms. The van der Waals surface area contributed by atoms with E-state index in [2.05, 4.69) is 27.8 Å². The van der Waals surface area contributed by atoms with Gasteiger partial charge < -0.3 is 5.73 Å². The van der Waals surface area contributed by atoms with E-state index in [0.717, 1.165) is 16.1 Å². The minimum absolute atomic E-state index is 0.0818. The summed E-state index contributed by atoms with van der Waals surface area (Å²) in [7, 11) is 0. The molecule has 1 aromatic heterocycles. The highest BCUT2D eigenvalue weighted by Crippen LogP contribution is 2.36. The van der Waals surface area contributed by atoms with Gasteiger partial charge in [0, 0.05) is 10.7 Å². The van der Waals surface area contributed by atoms with Crippen LogP contribution >= 0.6 is 15.9 Å². The Balaban J connectivity index is 2.12. The molecule has 2 rings (SSSR count). The number of nitrogens with zero attached hydrogens (tertiary/aromatic N) is 1. The topological polar surface area (TPSA) is 38.9 Å². The molecule has 1 aromatic rings. The molecule has 0 saturated heterocycles. The van der Waals surface area contributed by atoms with Gasteiger partial charge in [-0.15, -0.1) is 0 Å². The molecule has 3 unspecified atom stereocenters. The Labute approximate surface area is 106 Å². The maximum Gasteiger partial charge on any atom is 0.0715 e. The highest BCUT2D eigenvalue weighted by Gasteiger charge is 2.26. The van der Waals surface area contributed by atoms with Crippen molar-refractivity contribution in [1.82, 2.24) is 4.98 Å². The molecule has 0 aromatic carbocycles. The summed E-state index contributed by atoms with van der Waals surface area (Å²) >= 11 is 3.54. The van der Waals surface area contributed by atoms with Crippen molar-refractivity contribution in [2.24, 2.45) is 17.6 Å².